The van der Waals surface area contributed by atoms with Gasteiger partial charge >= 0.3 is 0 Å². The zero-order valence-electron chi connectivity index (χ0n) is 30.3. The summed E-state index contributed by atoms with van der Waals surface area (Å²) in [5.74, 6) is 0. The van der Waals surface area contributed by atoms with Gasteiger partial charge in [0.05, 0.1) is 35.6 Å². The van der Waals surface area contributed by atoms with Crippen molar-refractivity contribution in [3.8, 4) is 0 Å². The molecule has 0 aliphatic carbocycles. The molecule has 2 fully saturated rings. The highest BCUT2D eigenvalue weighted by Gasteiger charge is 2.46. The Morgan fingerprint density at radius 3 is 1.02 bits per heavy atom. The monoisotopic (exact) mass is 703 g/mol. The number of rotatable bonds is 10. The maximum absolute atomic E-state index is 5.62. The van der Waals surface area contributed by atoms with Gasteiger partial charge in [0.15, 0.2) is 0 Å². The minimum Gasteiger partial charge on any atom is -0.288 e. The van der Waals surface area contributed by atoms with Crippen LogP contribution in [-0.2, 0) is 13.1 Å². The molecule has 2 saturated heterocycles. The fraction of sp³-hybridized carbons (Fsp3) is 0.163. The molecule has 6 aromatic carbocycles. The minimum atomic E-state index is -0.126. The van der Waals surface area contributed by atoms with Gasteiger partial charge in [-0.15, -0.1) is 0 Å². The Balaban J connectivity index is 1.15. The second kappa shape index (κ2) is 15.7. The topological polar surface area (TPSA) is 43.4 Å². The second-order valence-electron chi connectivity index (χ2n) is 14.4. The third-order valence-electron chi connectivity index (χ3n) is 11.1. The van der Waals surface area contributed by atoms with Gasteiger partial charge in [-0.1, -0.05) is 188 Å². The maximum Gasteiger partial charge on any atom is 0.105 e. The van der Waals surface area contributed by atoms with Crippen molar-refractivity contribution in [2.75, 3.05) is 0 Å². The van der Waals surface area contributed by atoms with Gasteiger partial charge in [-0.3, -0.25) is 25.4 Å². The van der Waals surface area contributed by atoms with Gasteiger partial charge in [-0.05, 0) is 45.5 Å². The number of benzene rings is 6. The van der Waals surface area contributed by atoms with Gasteiger partial charge in [-0.25, -0.2) is 0 Å². The Hall–Kier alpha value is -5.69. The highest BCUT2D eigenvalue weighted by atomic mass is 15.4. The van der Waals surface area contributed by atoms with Crippen LogP contribution in [0.25, 0.3) is 0 Å². The van der Waals surface area contributed by atoms with E-state index in [1.807, 2.05) is 0 Å². The van der Waals surface area contributed by atoms with Crippen LogP contribution in [0.4, 0.5) is 0 Å². The van der Waals surface area contributed by atoms with Crippen LogP contribution in [0.1, 0.15) is 81.3 Å². The van der Waals surface area contributed by atoms with Crippen molar-refractivity contribution in [1.82, 2.24) is 25.4 Å². The Labute approximate surface area is 319 Å². The predicted molar refractivity (Wildman–Crippen MR) is 217 cm³/mol. The molecule has 2 aliphatic heterocycles. The largest absolute Gasteiger partial charge is 0.288 e. The van der Waals surface area contributed by atoms with Gasteiger partial charge in [0.1, 0.15) is 12.3 Å². The van der Waals surface area contributed by atoms with E-state index in [2.05, 4.69) is 221 Å². The van der Waals surface area contributed by atoms with Crippen LogP contribution >= 0.6 is 0 Å². The molecule has 266 valence electrons. The average molecular weight is 704 g/mol. The molecule has 1 aromatic heterocycles. The second-order valence-corrected chi connectivity index (χ2v) is 14.4. The molecule has 9 rings (SSSR count). The van der Waals surface area contributed by atoms with Crippen molar-refractivity contribution >= 4 is 0 Å². The molecule has 5 nitrogen and oxygen atoms in total. The Kier molecular flexibility index (Phi) is 9.93. The quantitative estimate of drug-likeness (QED) is 0.149. The third-order valence-corrected chi connectivity index (χ3v) is 11.1. The van der Waals surface area contributed by atoms with E-state index < -0.39 is 0 Å². The molecule has 0 bridgehead atoms. The summed E-state index contributed by atoms with van der Waals surface area (Å²) >= 11 is 0. The number of nitrogens with zero attached hydrogens (tertiary/aromatic N) is 3. The van der Waals surface area contributed by atoms with Crippen molar-refractivity contribution in [1.29, 1.82) is 0 Å². The van der Waals surface area contributed by atoms with Crippen LogP contribution in [0.2, 0.25) is 0 Å². The summed E-state index contributed by atoms with van der Waals surface area (Å²) in [6.45, 7) is 1.56. The fourth-order valence-electron chi connectivity index (χ4n) is 8.62. The van der Waals surface area contributed by atoms with Gasteiger partial charge in [-0.2, -0.15) is 0 Å². The van der Waals surface area contributed by atoms with Gasteiger partial charge in [0, 0.05) is 13.1 Å². The normalized spacial score (nSPS) is 23.0. The standard InChI is InChI=1S/C49H45N5/c1-7-20-36(21-8-1)34-53-46(40-28-15-5-16-29-40)44(38-24-11-3-12-25-38)51-48(53)42-32-19-33-43(50-42)49-52-45(39-26-13-4-14-27-39)47(41-30-17-6-18-31-41)54(49)35-37-22-9-2-10-23-37/h1-33,44-49,51-52H,34-35H2. The van der Waals surface area contributed by atoms with Crippen LogP contribution in [-0.4, -0.2) is 14.8 Å². The van der Waals surface area contributed by atoms with Crippen LogP contribution in [0, 0.1) is 0 Å². The van der Waals surface area contributed by atoms with Gasteiger partial charge in [0.25, 0.3) is 0 Å². The molecular weight excluding hydrogens is 659 g/mol. The van der Waals surface area contributed by atoms with E-state index in [1.54, 1.807) is 0 Å². The lowest BCUT2D eigenvalue weighted by molar-refractivity contribution is 0.165. The number of pyridine rings is 1. The summed E-state index contributed by atoms with van der Waals surface area (Å²) in [6.07, 6.45) is -0.251. The summed E-state index contributed by atoms with van der Waals surface area (Å²) in [4.78, 5) is 10.8. The molecule has 5 heteroatoms. The first-order valence-electron chi connectivity index (χ1n) is 19.1. The van der Waals surface area contributed by atoms with E-state index >= 15 is 0 Å². The van der Waals surface area contributed by atoms with E-state index in [0.717, 1.165) is 24.5 Å². The van der Waals surface area contributed by atoms with Crippen LogP contribution in [0.5, 0.6) is 0 Å². The summed E-state index contributed by atoms with van der Waals surface area (Å²) in [6, 6.07) is 72.3. The molecule has 2 N–H and O–H groups in total. The molecule has 0 radical (unpaired) electrons. The average Bonchev–Trinajstić information content (AvgIpc) is 3.82. The van der Waals surface area contributed by atoms with E-state index in [9.17, 15) is 0 Å². The molecule has 0 spiro atoms. The SMILES string of the molecule is c1ccc(CN2C(c3cccc(C4NC(c5ccccc5)C(c5ccccc5)N4Cc4ccccc4)n3)NC(c3ccccc3)C2c2ccccc2)cc1. The molecule has 6 unspecified atom stereocenters. The molecule has 0 saturated carbocycles. The Morgan fingerprint density at radius 2 is 0.667 bits per heavy atom. The summed E-state index contributed by atoms with van der Waals surface area (Å²) in [5.41, 5.74) is 9.70. The lowest BCUT2D eigenvalue weighted by Gasteiger charge is -2.32. The van der Waals surface area contributed by atoms with Crippen LogP contribution < -0.4 is 10.6 Å². The van der Waals surface area contributed by atoms with Crippen LogP contribution in [0.3, 0.4) is 0 Å². The summed E-state index contributed by atoms with van der Waals surface area (Å²) in [5, 5.41) is 8.22. The van der Waals surface area contributed by atoms with Crippen molar-refractivity contribution in [2.24, 2.45) is 0 Å². The van der Waals surface area contributed by atoms with Crippen molar-refractivity contribution in [3.05, 3.63) is 245 Å². The number of hydrogen-bond acceptors (Lipinski definition) is 5. The van der Waals surface area contributed by atoms with E-state index in [-0.39, 0.29) is 36.5 Å². The highest BCUT2D eigenvalue weighted by Crippen LogP contribution is 2.48. The van der Waals surface area contributed by atoms with Crippen LogP contribution in [0.15, 0.2) is 200 Å². The van der Waals surface area contributed by atoms with E-state index in [0.29, 0.717) is 0 Å². The minimum absolute atomic E-state index is 0.0666. The highest BCUT2D eigenvalue weighted by molar-refractivity contribution is 5.35. The number of hydrogen-bond donors (Lipinski definition) is 2. The van der Waals surface area contributed by atoms with Crippen molar-refractivity contribution in [2.45, 2.75) is 49.6 Å². The molecule has 2 aliphatic rings. The van der Waals surface area contributed by atoms with E-state index in [1.165, 1.54) is 33.4 Å². The van der Waals surface area contributed by atoms with Crippen molar-refractivity contribution in [3.63, 3.8) is 0 Å². The lowest BCUT2D eigenvalue weighted by atomic mass is 9.93. The fourth-order valence-corrected chi connectivity index (χ4v) is 8.62. The lowest BCUT2D eigenvalue weighted by Crippen LogP contribution is -2.32. The maximum atomic E-state index is 5.62. The summed E-state index contributed by atoms with van der Waals surface area (Å²) in [7, 11) is 0. The van der Waals surface area contributed by atoms with Crippen molar-refractivity contribution < 1.29 is 0 Å². The van der Waals surface area contributed by atoms with E-state index in [4.69, 9.17) is 4.98 Å². The Morgan fingerprint density at radius 1 is 0.352 bits per heavy atom. The molecular formula is C49H45N5. The third kappa shape index (κ3) is 7.03. The molecule has 7 aromatic rings. The predicted octanol–water partition coefficient (Wildman–Crippen LogP) is 10.3. The first kappa shape index (κ1) is 34.1. The zero-order valence-corrected chi connectivity index (χ0v) is 30.3. The zero-order chi connectivity index (χ0) is 36.1. The number of nitrogens with one attached hydrogen (secondary N) is 2. The first-order valence-corrected chi connectivity index (χ1v) is 19.1. The molecule has 0 amide bonds. The first-order chi connectivity index (χ1) is 26.8. The Bertz CT molecular complexity index is 2060. The molecule has 6 atom stereocenters. The van der Waals surface area contributed by atoms with Gasteiger partial charge in [0.2, 0.25) is 0 Å². The van der Waals surface area contributed by atoms with Gasteiger partial charge < -0.3 is 0 Å². The molecule has 3 heterocycles. The summed E-state index contributed by atoms with van der Waals surface area (Å²) < 4.78 is 0. The molecule has 54 heavy (non-hydrogen) atoms. The number of aromatic nitrogens is 1. The smallest absolute Gasteiger partial charge is 0.105 e.